The molecule has 0 radical (unpaired) electrons. The van der Waals surface area contributed by atoms with Gasteiger partial charge in [0.2, 0.25) is 0 Å². The molecule has 2 N–H and O–H groups in total. The predicted octanol–water partition coefficient (Wildman–Crippen LogP) is 4.17. The first-order chi connectivity index (χ1) is 18.6. The largest absolute Gasteiger partial charge is 0.494 e. The van der Waals surface area contributed by atoms with Crippen molar-refractivity contribution in [1.29, 1.82) is 0 Å². The van der Waals surface area contributed by atoms with E-state index in [9.17, 15) is 19.8 Å². The maximum Gasteiger partial charge on any atom is 0.190 e. The molecular formula is C31H39N2O5P. The van der Waals surface area contributed by atoms with Crippen LogP contribution in [-0.2, 0) is 16.0 Å². The minimum absolute atomic E-state index is 0.0833. The molecule has 4 aliphatic rings. The van der Waals surface area contributed by atoms with E-state index >= 15 is 0 Å². The summed E-state index contributed by atoms with van der Waals surface area (Å²) in [5.74, 6) is 0.510. The number of rotatable bonds is 7. The second-order valence-corrected chi connectivity index (χ2v) is 13.1. The van der Waals surface area contributed by atoms with Gasteiger partial charge in [0.1, 0.15) is 23.7 Å². The molecule has 0 amide bonds. The third-order valence-corrected chi connectivity index (χ3v) is 11.0. The molecule has 0 saturated heterocycles. The number of carbonyl (C=O) groups is 2. The Morgan fingerprint density at radius 3 is 2.69 bits per heavy atom. The maximum absolute atomic E-state index is 14.0. The van der Waals surface area contributed by atoms with Crippen molar-refractivity contribution in [3.63, 3.8) is 0 Å². The van der Waals surface area contributed by atoms with Crippen molar-refractivity contribution in [2.75, 3.05) is 19.4 Å². The van der Waals surface area contributed by atoms with E-state index in [1.165, 1.54) is 5.57 Å². The molecule has 1 unspecified atom stereocenters. The fraction of sp³-hybridized carbons (Fsp3) is 0.581. The number of benzene rings is 1. The molecular weight excluding hydrogens is 511 g/mol. The van der Waals surface area contributed by atoms with Gasteiger partial charge in [-0.2, -0.15) is 5.10 Å². The van der Waals surface area contributed by atoms with Crippen LogP contribution in [0.1, 0.15) is 63.6 Å². The van der Waals surface area contributed by atoms with Crippen LogP contribution in [0.25, 0.3) is 11.8 Å². The van der Waals surface area contributed by atoms with Crippen molar-refractivity contribution in [3.8, 4) is 11.4 Å². The van der Waals surface area contributed by atoms with Crippen LogP contribution in [0.4, 0.5) is 0 Å². The number of aliphatic hydroxyl groups excluding tert-OH is 1. The highest BCUT2D eigenvalue weighted by molar-refractivity contribution is 7.16. The smallest absolute Gasteiger partial charge is 0.190 e. The molecule has 1 aromatic heterocycles. The molecule has 3 fully saturated rings. The third kappa shape index (κ3) is 3.99. The Bertz CT molecular complexity index is 1330. The highest BCUT2D eigenvalue weighted by Gasteiger charge is 2.68. The summed E-state index contributed by atoms with van der Waals surface area (Å²) in [5.41, 5.74) is 1.62. The number of ketones is 2. The first-order valence-electron chi connectivity index (χ1n) is 14.3. The van der Waals surface area contributed by atoms with Crippen LogP contribution in [0.5, 0.6) is 5.75 Å². The molecule has 7 atom stereocenters. The molecule has 6 rings (SSSR count). The van der Waals surface area contributed by atoms with E-state index in [-0.39, 0.29) is 35.4 Å². The molecule has 7 nitrogen and oxygen atoms in total. The van der Waals surface area contributed by atoms with Crippen molar-refractivity contribution in [3.05, 3.63) is 47.3 Å². The van der Waals surface area contributed by atoms with Crippen LogP contribution in [0.3, 0.4) is 0 Å². The van der Waals surface area contributed by atoms with Crippen molar-refractivity contribution in [2.45, 2.75) is 64.4 Å². The van der Waals surface area contributed by atoms with Crippen LogP contribution >= 0.6 is 9.24 Å². The second kappa shape index (κ2) is 9.64. The Hall–Kier alpha value is -2.34. The zero-order valence-electron chi connectivity index (χ0n) is 22.9. The minimum atomic E-state index is -1.62. The van der Waals surface area contributed by atoms with Gasteiger partial charge in [0.15, 0.2) is 5.78 Å². The Morgan fingerprint density at radius 1 is 1.21 bits per heavy atom. The molecule has 1 heterocycles. The number of nitrogens with zero attached hydrogens (tertiary/aromatic N) is 2. The number of fused-ring (bicyclic) bond motifs is 6. The van der Waals surface area contributed by atoms with Gasteiger partial charge in [-0.3, -0.25) is 9.59 Å². The number of ether oxygens (including phenoxy) is 1. The molecule has 1 aromatic carbocycles. The highest BCUT2D eigenvalue weighted by Crippen LogP contribution is 2.66. The van der Waals surface area contributed by atoms with Crippen LogP contribution in [0.2, 0.25) is 0 Å². The lowest BCUT2D eigenvalue weighted by atomic mass is 9.46. The Morgan fingerprint density at radius 2 is 1.97 bits per heavy atom. The first kappa shape index (κ1) is 26.9. The lowest BCUT2D eigenvalue weighted by Gasteiger charge is -2.57. The van der Waals surface area contributed by atoms with Gasteiger partial charge >= 0.3 is 0 Å². The lowest BCUT2D eigenvalue weighted by Crippen LogP contribution is -2.61. The monoisotopic (exact) mass is 550 g/mol. The average Bonchev–Trinajstić information content (AvgIpc) is 3.44. The van der Waals surface area contributed by atoms with E-state index in [4.69, 9.17) is 9.84 Å². The van der Waals surface area contributed by atoms with Crippen LogP contribution in [0.15, 0.2) is 36.0 Å². The SMILES string of the molecule is C[C@]12Cc3cn(-c4ccc(OCCCP)cc4)nc3C=C1CC[C@@H]1[C@@H]2C(=O)C[C@@]2(C)[C@H]1CC[C@]2(O)C(=O)CO. The quantitative estimate of drug-likeness (QED) is 0.397. The summed E-state index contributed by atoms with van der Waals surface area (Å²) in [6, 6.07) is 8.00. The summed E-state index contributed by atoms with van der Waals surface area (Å²) in [5, 5.41) is 25.9. The normalized spacial score (nSPS) is 34.9. The minimum Gasteiger partial charge on any atom is -0.494 e. The number of Topliss-reactive ketones (excluding diaryl/α,β-unsaturated/α-hetero) is 2. The summed E-state index contributed by atoms with van der Waals surface area (Å²) in [6.45, 7) is 4.15. The number of allylic oxidation sites excluding steroid dienone is 1. The molecule has 2 aromatic rings. The first-order valence-corrected chi connectivity index (χ1v) is 15.1. The van der Waals surface area contributed by atoms with Crippen molar-refractivity contribution < 1.29 is 24.5 Å². The fourth-order valence-corrected chi connectivity index (χ4v) is 8.74. The Labute approximate surface area is 232 Å². The zero-order chi connectivity index (χ0) is 27.6. The van der Waals surface area contributed by atoms with Gasteiger partial charge in [0, 0.05) is 29.4 Å². The van der Waals surface area contributed by atoms with E-state index in [2.05, 4.69) is 28.4 Å². The molecule has 39 heavy (non-hydrogen) atoms. The van der Waals surface area contributed by atoms with Gasteiger partial charge in [0.05, 0.1) is 18.0 Å². The second-order valence-electron chi connectivity index (χ2n) is 12.6. The van der Waals surface area contributed by atoms with E-state index < -0.39 is 23.4 Å². The van der Waals surface area contributed by atoms with Crippen LogP contribution in [0, 0.1) is 28.6 Å². The van der Waals surface area contributed by atoms with E-state index in [1.54, 1.807) is 0 Å². The van der Waals surface area contributed by atoms with E-state index in [0.29, 0.717) is 19.4 Å². The van der Waals surface area contributed by atoms with E-state index in [1.807, 2.05) is 35.9 Å². The van der Waals surface area contributed by atoms with Gasteiger partial charge in [0.25, 0.3) is 0 Å². The molecule has 4 aliphatic carbocycles. The zero-order valence-corrected chi connectivity index (χ0v) is 24.0. The van der Waals surface area contributed by atoms with Gasteiger partial charge in [-0.25, -0.2) is 4.68 Å². The average molecular weight is 551 g/mol. The van der Waals surface area contributed by atoms with Crippen molar-refractivity contribution in [2.24, 2.45) is 28.6 Å². The van der Waals surface area contributed by atoms with Gasteiger partial charge in [-0.15, -0.1) is 9.24 Å². The molecule has 0 aliphatic heterocycles. The summed E-state index contributed by atoms with van der Waals surface area (Å²) < 4.78 is 7.71. The number of aromatic nitrogens is 2. The molecule has 208 valence electrons. The van der Waals surface area contributed by atoms with Gasteiger partial charge in [-0.1, -0.05) is 19.4 Å². The van der Waals surface area contributed by atoms with Crippen LogP contribution in [-0.4, -0.2) is 56.5 Å². The summed E-state index contributed by atoms with van der Waals surface area (Å²) in [4.78, 5) is 26.6. The van der Waals surface area contributed by atoms with Crippen molar-refractivity contribution >= 4 is 26.9 Å². The predicted molar refractivity (Wildman–Crippen MR) is 152 cm³/mol. The molecule has 0 spiro atoms. The molecule has 0 bridgehead atoms. The van der Waals surface area contributed by atoms with Gasteiger partial charge < -0.3 is 14.9 Å². The summed E-state index contributed by atoms with van der Waals surface area (Å²) in [6.07, 6.45) is 10.0. The fourth-order valence-electron chi connectivity index (χ4n) is 8.58. The number of hydrogen-bond acceptors (Lipinski definition) is 6. The van der Waals surface area contributed by atoms with Crippen molar-refractivity contribution in [1.82, 2.24) is 9.78 Å². The summed E-state index contributed by atoms with van der Waals surface area (Å²) >= 11 is 0. The Kier molecular flexibility index (Phi) is 6.64. The van der Waals surface area contributed by atoms with Gasteiger partial charge in [-0.05, 0) is 92.4 Å². The highest BCUT2D eigenvalue weighted by atomic mass is 31.0. The Balaban J connectivity index is 1.27. The number of aliphatic hydroxyl groups is 2. The lowest BCUT2D eigenvalue weighted by molar-refractivity contribution is -0.169. The molecule has 3 saturated carbocycles. The number of carbonyl (C=O) groups excluding carboxylic acids is 2. The van der Waals surface area contributed by atoms with Crippen LogP contribution < -0.4 is 4.74 Å². The summed E-state index contributed by atoms with van der Waals surface area (Å²) in [7, 11) is 2.71. The molecule has 8 heteroatoms. The maximum atomic E-state index is 14.0. The topological polar surface area (TPSA) is 102 Å². The standard InChI is InChI=1S/C31H39N2O5P/c1-29-15-19-17-33(21-5-7-22(8-6-21)38-12-3-13-39)32-25(19)14-20(29)4-9-23-24-10-11-31(37,27(36)18-34)30(24,2)16-26(35)28(23)29/h5-8,14,17,23-24,28,34,37H,3-4,9-13,15-16,18,39H2,1-2H3/t23-,24-,28+,29-,30-,31-/m0/s1. The third-order valence-electron chi connectivity index (χ3n) is 10.6. The number of hydrogen-bond donors (Lipinski definition) is 2. The van der Waals surface area contributed by atoms with E-state index in [0.717, 1.165) is 54.5 Å².